The van der Waals surface area contributed by atoms with Gasteiger partial charge >= 0.3 is 0 Å². The van der Waals surface area contributed by atoms with Gasteiger partial charge in [0.15, 0.2) is 12.1 Å². The van der Waals surface area contributed by atoms with Crippen LogP contribution in [0.2, 0.25) is 0 Å². The molecule has 6 unspecified atom stereocenters. The number of nitriles is 1. The standard InChI is InChI=1S/C32H36N2O11/c1-14-27(36)19(34-7-8-43-13-16(34)12-33)9-22(44-14)45-21-11-32(41,15(2)35)10-18-24(21)31(40)26-25(29(18)38)28(37)17-5-4-6-20(42-3)23(17)30(26)39/h4-6,14-16,19,21-22,27,35-36,38,40-41H,7-11,13H2,1-3H3/t14?,15?,16?,19?,21-,22?,27?,32-/m0/s1. The van der Waals surface area contributed by atoms with Crippen molar-refractivity contribution < 1.29 is 54.1 Å². The zero-order valence-corrected chi connectivity index (χ0v) is 25.1. The van der Waals surface area contributed by atoms with E-state index in [2.05, 4.69) is 6.07 Å². The van der Waals surface area contributed by atoms with Gasteiger partial charge in [-0.3, -0.25) is 14.5 Å². The van der Waals surface area contributed by atoms with Gasteiger partial charge in [-0.2, -0.15) is 5.26 Å². The van der Waals surface area contributed by atoms with Crippen molar-refractivity contribution in [3.63, 3.8) is 0 Å². The summed E-state index contributed by atoms with van der Waals surface area (Å²) in [6, 6.07) is 5.51. The number of ketones is 2. The van der Waals surface area contributed by atoms with Crippen molar-refractivity contribution in [3.8, 4) is 23.3 Å². The molecule has 0 radical (unpaired) electrons. The van der Waals surface area contributed by atoms with Crippen LogP contribution in [-0.2, 0) is 20.6 Å². The molecule has 0 spiro atoms. The van der Waals surface area contributed by atoms with E-state index in [9.17, 15) is 40.4 Å². The Kier molecular flexibility index (Phi) is 8.11. The van der Waals surface area contributed by atoms with E-state index in [0.29, 0.717) is 13.2 Å². The molecule has 0 bridgehead atoms. The van der Waals surface area contributed by atoms with Crippen molar-refractivity contribution in [2.45, 2.75) is 81.5 Å². The maximum atomic E-state index is 13.9. The number of aliphatic hydroxyl groups excluding tert-OH is 2. The summed E-state index contributed by atoms with van der Waals surface area (Å²) in [5.74, 6) is -2.52. The fraction of sp³-hybridized carbons (Fsp3) is 0.531. The van der Waals surface area contributed by atoms with Crippen molar-refractivity contribution in [1.29, 1.82) is 5.26 Å². The number of hydrogen-bond donors (Lipinski definition) is 5. The largest absolute Gasteiger partial charge is 0.507 e. The second-order valence-electron chi connectivity index (χ2n) is 12.2. The first-order valence-corrected chi connectivity index (χ1v) is 14.9. The van der Waals surface area contributed by atoms with Crippen LogP contribution in [0.15, 0.2) is 18.2 Å². The van der Waals surface area contributed by atoms with E-state index < -0.39 is 82.6 Å². The first-order chi connectivity index (χ1) is 21.4. The lowest BCUT2D eigenvalue weighted by Gasteiger charge is -2.47. The molecule has 5 N–H and O–H groups in total. The summed E-state index contributed by atoms with van der Waals surface area (Å²) in [7, 11) is 1.35. The Morgan fingerprint density at radius 3 is 2.58 bits per heavy atom. The van der Waals surface area contributed by atoms with Crippen molar-refractivity contribution in [3.05, 3.63) is 51.6 Å². The lowest BCUT2D eigenvalue weighted by Crippen LogP contribution is -2.60. The third-order valence-corrected chi connectivity index (χ3v) is 9.62. The summed E-state index contributed by atoms with van der Waals surface area (Å²) < 4.78 is 23.1. The molecular formula is C32H36N2O11. The Balaban J connectivity index is 1.43. The molecule has 0 amide bonds. The molecule has 2 aromatic carbocycles. The van der Waals surface area contributed by atoms with Crippen LogP contribution in [0.1, 0.15) is 75.8 Å². The summed E-state index contributed by atoms with van der Waals surface area (Å²) in [5.41, 5.74) is -2.81. The number of carbonyl (C=O) groups is 2. The minimum Gasteiger partial charge on any atom is -0.507 e. The first kappa shape index (κ1) is 31.4. The summed E-state index contributed by atoms with van der Waals surface area (Å²) >= 11 is 0. The fourth-order valence-electron chi connectivity index (χ4n) is 7.13. The average molecular weight is 625 g/mol. The van der Waals surface area contributed by atoms with Gasteiger partial charge in [0, 0.05) is 48.5 Å². The van der Waals surface area contributed by atoms with Gasteiger partial charge in [-0.1, -0.05) is 12.1 Å². The van der Waals surface area contributed by atoms with E-state index >= 15 is 0 Å². The molecule has 0 aromatic heterocycles. The minimum atomic E-state index is -1.85. The van der Waals surface area contributed by atoms with Crippen molar-refractivity contribution >= 4 is 11.6 Å². The van der Waals surface area contributed by atoms with Gasteiger partial charge in [0.1, 0.15) is 23.3 Å². The van der Waals surface area contributed by atoms with Crippen LogP contribution >= 0.6 is 0 Å². The van der Waals surface area contributed by atoms with Gasteiger partial charge < -0.3 is 44.5 Å². The predicted octanol–water partition coefficient (Wildman–Crippen LogP) is 1.09. The quantitative estimate of drug-likeness (QED) is 0.253. The van der Waals surface area contributed by atoms with E-state index in [1.165, 1.54) is 32.2 Å². The van der Waals surface area contributed by atoms with Gasteiger partial charge in [0.2, 0.25) is 5.78 Å². The Morgan fingerprint density at radius 2 is 1.89 bits per heavy atom. The van der Waals surface area contributed by atoms with Crippen LogP contribution in [0.3, 0.4) is 0 Å². The van der Waals surface area contributed by atoms with Crippen LogP contribution < -0.4 is 4.74 Å². The molecule has 13 heteroatoms. The molecule has 2 saturated heterocycles. The summed E-state index contributed by atoms with van der Waals surface area (Å²) in [6.45, 7) is 3.98. The molecule has 2 aliphatic carbocycles. The van der Waals surface area contributed by atoms with E-state index in [-0.39, 0.29) is 53.9 Å². The zero-order valence-electron chi connectivity index (χ0n) is 25.1. The van der Waals surface area contributed by atoms with E-state index in [4.69, 9.17) is 18.9 Å². The van der Waals surface area contributed by atoms with Gasteiger partial charge in [0.05, 0.1) is 73.1 Å². The number of fused-ring (bicyclic) bond motifs is 3. The second-order valence-corrected chi connectivity index (χ2v) is 12.2. The second kappa shape index (κ2) is 11.6. The number of rotatable bonds is 5. The van der Waals surface area contributed by atoms with Crippen LogP contribution in [0, 0.1) is 11.3 Å². The van der Waals surface area contributed by atoms with Gasteiger partial charge in [0.25, 0.3) is 0 Å². The number of morpholine rings is 1. The van der Waals surface area contributed by atoms with Crippen molar-refractivity contribution in [2.75, 3.05) is 26.9 Å². The highest BCUT2D eigenvalue weighted by atomic mass is 16.7. The minimum absolute atomic E-state index is 0.0103. The Bertz CT molecular complexity index is 1590. The number of methoxy groups -OCH3 is 1. The van der Waals surface area contributed by atoms with Crippen molar-refractivity contribution in [2.24, 2.45) is 0 Å². The zero-order chi connectivity index (χ0) is 32.4. The molecule has 45 heavy (non-hydrogen) atoms. The number of aromatic hydroxyl groups is 2. The molecule has 0 saturated carbocycles. The molecule has 2 fully saturated rings. The number of phenolic OH excluding ortho intramolecular Hbond substituents is 2. The van der Waals surface area contributed by atoms with Crippen LogP contribution in [0.4, 0.5) is 0 Å². The average Bonchev–Trinajstić information content (AvgIpc) is 3.02. The highest BCUT2D eigenvalue weighted by Crippen LogP contribution is 2.53. The number of benzene rings is 2. The lowest BCUT2D eigenvalue weighted by molar-refractivity contribution is -0.264. The molecule has 6 rings (SSSR count). The van der Waals surface area contributed by atoms with Gasteiger partial charge in [-0.15, -0.1) is 0 Å². The number of aliphatic hydroxyl groups is 3. The third-order valence-electron chi connectivity index (χ3n) is 9.62. The monoisotopic (exact) mass is 624 g/mol. The SMILES string of the molecule is COc1cccc2c1C(=O)c1c(O)c3c(c(O)c1C2=O)C[C@@](O)(C(C)O)C[C@@H]3OC1CC(N2CCOCC2C#N)C(O)C(C)O1. The molecular weight excluding hydrogens is 588 g/mol. The lowest BCUT2D eigenvalue weighted by atomic mass is 9.71. The van der Waals surface area contributed by atoms with Crippen LogP contribution in [0.5, 0.6) is 17.2 Å². The summed E-state index contributed by atoms with van der Waals surface area (Å²) in [4.78, 5) is 29.4. The van der Waals surface area contributed by atoms with E-state index in [1.807, 2.05) is 4.90 Å². The smallest absolute Gasteiger partial charge is 0.202 e. The van der Waals surface area contributed by atoms with Gasteiger partial charge in [-0.05, 0) is 19.9 Å². The Morgan fingerprint density at radius 1 is 1.16 bits per heavy atom. The molecule has 2 aromatic rings. The summed E-state index contributed by atoms with van der Waals surface area (Å²) in [6.07, 6.45) is -5.77. The third kappa shape index (κ3) is 4.97. The Labute approximate surface area is 259 Å². The normalized spacial score (nSPS) is 32.2. The molecule has 2 aliphatic heterocycles. The highest BCUT2D eigenvalue weighted by molar-refractivity contribution is 6.31. The van der Waals surface area contributed by atoms with Crippen LogP contribution in [-0.4, -0.2) is 111 Å². The van der Waals surface area contributed by atoms with Crippen LogP contribution in [0.25, 0.3) is 0 Å². The number of nitrogens with zero attached hydrogens (tertiary/aromatic N) is 2. The fourth-order valence-corrected chi connectivity index (χ4v) is 7.13. The summed E-state index contributed by atoms with van der Waals surface area (Å²) in [5, 5.41) is 66.2. The maximum Gasteiger partial charge on any atom is 0.202 e. The number of hydrogen-bond acceptors (Lipinski definition) is 13. The first-order valence-electron chi connectivity index (χ1n) is 14.9. The van der Waals surface area contributed by atoms with Gasteiger partial charge in [-0.25, -0.2) is 0 Å². The molecule has 4 aliphatic rings. The maximum absolute atomic E-state index is 13.9. The van der Waals surface area contributed by atoms with Crippen molar-refractivity contribution in [1.82, 2.24) is 4.90 Å². The van der Waals surface area contributed by atoms with E-state index in [0.717, 1.165) is 0 Å². The molecule has 2 heterocycles. The topological polar surface area (TPSA) is 199 Å². The Hall–Kier alpha value is -3.61. The molecule has 8 atom stereocenters. The number of ether oxygens (including phenoxy) is 4. The predicted molar refractivity (Wildman–Crippen MR) is 154 cm³/mol. The highest BCUT2D eigenvalue weighted by Gasteiger charge is 2.50. The molecule has 13 nitrogen and oxygen atoms in total. The van der Waals surface area contributed by atoms with E-state index in [1.54, 1.807) is 6.92 Å². The number of phenols is 2. The molecule has 240 valence electrons. The number of carbonyl (C=O) groups excluding carboxylic acids is 2.